The molecule has 0 saturated heterocycles. The van der Waals surface area contributed by atoms with Crippen molar-refractivity contribution in [1.29, 1.82) is 0 Å². The van der Waals surface area contributed by atoms with Crippen LogP contribution < -0.4 is 5.56 Å². The molecule has 0 aliphatic heterocycles. The molecule has 1 N–H and O–H groups in total. The quantitative estimate of drug-likeness (QED) is 0.818. The molecule has 0 bridgehead atoms. The largest absolute Gasteiger partial charge is 0.461 e. The number of H-pyrrole nitrogens is 1. The molecule has 2 aromatic rings. The predicted molar refractivity (Wildman–Crippen MR) is 54.9 cm³/mol. The molecular formula is C9H5F5N2OS. The molecule has 0 spiro atoms. The summed E-state index contributed by atoms with van der Waals surface area (Å²) in [4.78, 5) is 16.5. The highest BCUT2D eigenvalue weighted by atomic mass is 32.1. The number of aromatic amines is 1. The lowest BCUT2D eigenvalue weighted by Crippen LogP contribution is -2.36. The molecule has 0 aliphatic rings. The maximum absolute atomic E-state index is 13.0. The summed E-state index contributed by atoms with van der Waals surface area (Å²) in [5.41, 5.74) is -1.01. The Labute approximate surface area is 100 Å². The van der Waals surface area contributed by atoms with E-state index in [0.29, 0.717) is 4.88 Å². The van der Waals surface area contributed by atoms with Crippen LogP contribution in [0, 0.1) is 6.92 Å². The van der Waals surface area contributed by atoms with Crippen molar-refractivity contribution in [3.63, 3.8) is 0 Å². The maximum atomic E-state index is 13.0. The molecule has 18 heavy (non-hydrogen) atoms. The van der Waals surface area contributed by atoms with E-state index < -0.39 is 23.5 Å². The number of aromatic nitrogens is 2. The lowest BCUT2D eigenvalue weighted by atomic mass is 10.3. The number of nitrogens with one attached hydrogen (secondary N) is 1. The first-order valence-corrected chi connectivity index (χ1v) is 5.40. The Bertz CT molecular complexity index is 657. The second-order valence-electron chi connectivity index (χ2n) is 3.56. The molecule has 0 unspecified atom stereocenters. The monoisotopic (exact) mass is 284 g/mol. The number of fused-ring (bicyclic) bond motifs is 1. The first kappa shape index (κ1) is 12.9. The van der Waals surface area contributed by atoms with Gasteiger partial charge < -0.3 is 4.98 Å². The van der Waals surface area contributed by atoms with Crippen LogP contribution in [0.15, 0.2) is 10.9 Å². The lowest BCUT2D eigenvalue weighted by Gasteiger charge is -2.17. The zero-order valence-corrected chi connectivity index (χ0v) is 9.55. The molecule has 98 valence electrons. The van der Waals surface area contributed by atoms with E-state index in [2.05, 4.69) is 4.98 Å². The summed E-state index contributed by atoms with van der Waals surface area (Å²) in [6.45, 7) is 1.59. The average molecular weight is 284 g/mol. The second kappa shape index (κ2) is 3.74. The third-order valence-electron chi connectivity index (χ3n) is 2.18. The first-order valence-electron chi connectivity index (χ1n) is 4.58. The van der Waals surface area contributed by atoms with Crippen LogP contribution >= 0.6 is 11.3 Å². The molecule has 2 heterocycles. The van der Waals surface area contributed by atoms with Crippen molar-refractivity contribution in [2.24, 2.45) is 0 Å². The number of rotatable bonds is 1. The van der Waals surface area contributed by atoms with E-state index in [1.54, 1.807) is 6.92 Å². The lowest BCUT2D eigenvalue weighted by molar-refractivity contribution is -0.292. The number of thiophene rings is 1. The number of nitrogens with zero attached hydrogens (tertiary/aromatic N) is 1. The summed E-state index contributed by atoms with van der Waals surface area (Å²) < 4.78 is 62.5. The molecule has 0 radical (unpaired) electrons. The molecule has 0 amide bonds. The van der Waals surface area contributed by atoms with E-state index in [0.717, 1.165) is 11.3 Å². The van der Waals surface area contributed by atoms with Crippen molar-refractivity contribution in [1.82, 2.24) is 9.97 Å². The fourth-order valence-corrected chi connectivity index (χ4v) is 2.22. The van der Waals surface area contributed by atoms with Crippen LogP contribution in [0.1, 0.15) is 10.7 Å². The summed E-state index contributed by atoms with van der Waals surface area (Å²) in [6, 6.07) is 1.38. The van der Waals surface area contributed by atoms with Crippen molar-refractivity contribution in [3.05, 3.63) is 27.1 Å². The number of hydrogen-bond acceptors (Lipinski definition) is 3. The molecule has 0 aromatic carbocycles. The zero-order chi connectivity index (χ0) is 13.7. The molecule has 0 saturated carbocycles. The van der Waals surface area contributed by atoms with Gasteiger partial charge in [-0.15, -0.1) is 11.3 Å². The van der Waals surface area contributed by atoms with Gasteiger partial charge in [0.2, 0.25) is 0 Å². The number of alkyl halides is 5. The number of aryl methyl sites for hydroxylation is 1. The maximum Gasteiger partial charge on any atom is 0.461 e. The van der Waals surface area contributed by atoms with E-state index in [1.165, 1.54) is 11.1 Å². The van der Waals surface area contributed by atoms with Crippen LogP contribution in [0.3, 0.4) is 0 Å². The normalized spacial score (nSPS) is 13.2. The van der Waals surface area contributed by atoms with Gasteiger partial charge in [-0.25, -0.2) is 4.98 Å². The summed E-state index contributed by atoms with van der Waals surface area (Å²) >= 11 is 0.875. The van der Waals surface area contributed by atoms with Gasteiger partial charge in [0.05, 0.1) is 5.39 Å². The summed E-state index contributed by atoms with van der Waals surface area (Å²) in [6.07, 6.45) is -5.80. The van der Waals surface area contributed by atoms with Gasteiger partial charge in [0.25, 0.3) is 5.56 Å². The summed E-state index contributed by atoms with van der Waals surface area (Å²) in [5.74, 6) is -6.87. The van der Waals surface area contributed by atoms with Gasteiger partial charge >= 0.3 is 12.1 Å². The van der Waals surface area contributed by atoms with Gasteiger partial charge in [-0.05, 0) is 13.0 Å². The minimum absolute atomic E-state index is 0.000718. The smallest absolute Gasteiger partial charge is 0.305 e. The summed E-state index contributed by atoms with van der Waals surface area (Å²) in [7, 11) is 0. The first-order chi connectivity index (χ1) is 8.13. The molecule has 2 rings (SSSR count). The Morgan fingerprint density at radius 3 is 2.44 bits per heavy atom. The third-order valence-corrected chi connectivity index (χ3v) is 3.12. The molecule has 0 atom stereocenters. The third kappa shape index (κ3) is 1.88. The minimum Gasteiger partial charge on any atom is -0.305 e. The Balaban J connectivity index is 2.70. The fourth-order valence-electron chi connectivity index (χ4n) is 1.33. The van der Waals surface area contributed by atoms with Crippen LogP contribution in [-0.2, 0) is 5.92 Å². The molecule has 2 aromatic heterocycles. The van der Waals surface area contributed by atoms with Gasteiger partial charge in [-0.1, -0.05) is 0 Å². The molecular weight excluding hydrogens is 279 g/mol. The Morgan fingerprint density at radius 2 is 1.89 bits per heavy atom. The molecule has 9 heteroatoms. The van der Waals surface area contributed by atoms with Crippen LogP contribution in [0.25, 0.3) is 10.2 Å². The van der Waals surface area contributed by atoms with Crippen molar-refractivity contribution < 1.29 is 22.0 Å². The molecule has 0 aliphatic carbocycles. The summed E-state index contributed by atoms with van der Waals surface area (Å²) in [5, 5.41) is -0.000718. The van der Waals surface area contributed by atoms with Crippen LogP contribution in [-0.4, -0.2) is 16.1 Å². The molecule has 3 nitrogen and oxygen atoms in total. The van der Waals surface area contributed by atoms with Crippen molar-refractivity contribution >= 4 is 21.6 Å². The van der Waals surface area contributed by atoms with Crippen molar-refractivity contribution in [3.8, 4) is 0 Å². The highest BCUT2D eigenvalue weighted by Crippen LogP contribution is 2.42. The second-order valence-corrected chi connectivity index (χ2v) is 4.80. The standard InChI is InChI=1S/C9H5F5N2OS/c1-3-2-4-5(17)15-7(16-6(4)18-3)8(10,11)9(12,13)14/h2H,1H3,(H,15,16,17). The van der Waals surface area contributed by atoms with Gasteiger partial charge in [-0.3, -0.25) is 4.79 Å². The SMILES string of the molecule is Cc1cc2c(=O)[nH]c(C(F)(F)C(F)(F)F)nc2s1. The van der Waals surface area contributed by atoms with Crippen molar-refractivity contribution in [2.45, 2.75) is 19.0 Å². The van der Waals surface area contributed by atoms with Gasteiger partial charge in [0.1, 0.15) is 4.83 Å². The topological polar surface area (TPSA) is 45.8 Å². The Kier molecular flexibility index (Phi) is 2.69. The van der Waals surface area contributed by atoms with Crippen LogP contribution in [0.2, 0.25) is 0 Å². The number of hydrogen-bond donors (Lipinski definition) is 1. The van der Waals surface area contributed by atoms with E-state index in [4.69, 9.17) is 0 Å². The van der Waals surface area contributed by atoms with E-state index >= 15 is 0 Å². The highest BCUT2D eigenvalue weighted by Gasteiger charge is 2.61. The van der Waals surface area contributed by atoms with Crippen LogP contribution in [0.5, 0.6) is 0 Å². The minimum atomic E-state index is -5.80. The van der Waals surface area contributed by atoms with Gasteiger partial charge in [0, 0.05) is 4.88 Å². The van der Waals surface area contributed by atoms with E-state index in [1.807, 2.05) is 0 Å². The zero-order valence-electron chi connectivity index (χ0n) is 8.73. The molecule has 0 fully saturated rings. The fraction of sp³-hybridized carbons (Fsp3) is 0.333. The highest BCUT2D eigenvalue weighted by molar-refractivity contribution is 7.18. The van der Waals surface area contributed by atoms with Gasteiger partial charge in [0.15, 0.2) is 5.82 Å². The van der Waals surface area contributed by atoms with E-state index in [9.17, 15) is 26.7 Å². The van der Waals surface area contributed by atoms with E-state index in [-0.39, 0.29) is 10.2 Å². The van der Waals surface area contributed by atoms with Gasteiger partial charge in [-0.2, -0.15) is 22.0 Å². The van der Waals surface area contributed by atoms with Crippen LogP contribution in [0.4, 0.5) is 22.0 Å². The Morgan fingerprint density at radius 1 is 1.28 bits per heavy atom. The van der Waals surface area contributed by atoms with Crippen molar-refractivity contribution in [2.75, 3.05) is 0 Å². The Hall–Kier alpha value is -1.51. The predicted octanol–water partition coefficient (Wildman–Crippen LogP) is 2.95. The number of halogens is 5. The average Bonchev–Trinajstić information content (AvgIpc) is 2.57.